The average Bonchev–Trinajstić information content (AvgIpc) is 2.48. The molecule has 1 atom stereocenters. The Morgan fingerprint density at radius 1 is 1.30 bits per heavy atom. The fourth-order valence-corrected chi connectivity index (χ4v) is 2.92. The van der Waals surface area contributed by atoms with Gasteiger partial charge in [0, 0.05) is 39.8 Å². The Kier molecular flexibility index (Phi) is 16.9. The third-order valence-corrected chi connectivity index (χ3v) is 4.40. The molecule has 1 saturated heterocycles. The Morgan fingerprint density at radius 2 is 1.96 bits per heavy atom. The van der Waals surface area contributed by atoms with E-state index >= 15 is 0 Å². The SMILES string of the molecule is COCCCN(C)CCNC(=O)CC(C)C1CCNCC1.Cl.Cl. The number of piperidine rings is 1. The van der Waals surface area contributed by atoms with Gasteiger partial charge in [-0.1, -0.05) is 6.92 Å². The van der Waals surface area contributed by atoms with Gasteiger partial charge in [0.1, 0.15) is 0 Å². The van der Waals surface area contributed by atoms with Crippen molar-refractivity contribution in [1.29, 1.82) is 0 Å². The molecule has 140 valence electrons. The van der Waals surface area contributed by atoms with Crippen LogP contribution in [0.3, 0.4) is 0 Å². The maximum atomic E-state index is 12.0. The van der Waals surface area contributed by atoms with Crippen LogP contribution in [0, 0.1) is 11.8 Å². The van der Waals surface area contributed by atoms with Crippen LogP contribution in [0.5, 0.6) is 0 Å². The zero-order valence-corrected chi connectivity index (χ0v) is 16.4. The number of carbonyl (C=O) groups is 1. The quantitative estimate of drug-likeness (QED) is 0.576. The minimum atomic E-state index is 0. The summed E-state index contributed by atoms with van der Waals surface area (Å²) in [7, 11) is 3.81. The van der Waals surface area contributed by atoms with E-state index in [0.29, 0.717) is 18.3 Å². The summed E-state index contributed by atoms with van der Waals surface area (Å²) in [5.74, 6) is 1.39. The highest BCUT2D eigenvalue weighted by atomic mass is 35.5. The van der Waals surface area contributed by atoms with E-state index in [1.807, 2.05) is 0 Å². The fraction of sp³-hybridized carbons (Fsp3) is 0.938. The Bertz CT molecular complexity index is 290. The molecule has 0 saturated carbocycles. The largest absolute Gasteiger partial charge is 0.385 e. The molecule has 0 spiro atoms. The van der Waals surface area contributed by atoms with Crippen molar-refractivity contribution in [3.8, 4) is 0 Å². The van der Waals surface area contributed by atoms with Gasteiger partial charge in [-0.2, -0.15) is 0 Å². The second-order valence-corrected chi connectivity index (χ2v) is 6.27. The lowest BCUT2D eigenvalue weighted by molar-refractivity contribution is -0.122. The maximum absolute atomic E-state index is 12.0. The zero-order valence-electron chi connectivity index (χ0n) is 14.8. The van der Waals surface area contributed by atoms with Gasteiger partial charge in [0.25, 0.3) is 0 Å². The maximum Gasteiger partial charge on any atom is 0.220 e. The van der Waals surface area contributed by atoms with E-state index in [9.17, 15) is 4.79 Å². The number of methoxy groups -OCH3 is 1. The number of hydrogen-bond acceptors (Lipinski definition) is 4. The van der Waals surface area contributed by atoms with Gasteiger partial charge in [-0.05, 0) is 51.2 Å². The molecule has 5 nitrogen and oxygen atoms in total. The van der Waals surface area contributed by atoms with Gasteiger partial charge in [0.2, 0.25) is 5.91 Å². The molecule has 1 amide bonds. The first-order valence-corrected chi connectivity index (χ1v) is 8.28. The molecule has 1 unspecified atom stereocenters. The Balaban J connectivity index is 0. The van der Waals surface area contributed by atoms with Crippen LogP contribution in [0.2, 0.25) is 0 Å². The zero-order chi connectivity index (χ0) is 15.5. The number of halogens is 2. The number of hydrogen-bond donors (Lipinski definition) is 2. The van der Waals surface area contributed by atoms with Crippen LogP contribution in [0.4, 0.5) is 0 Å². The molecule has 0 aromatic rings. The van der Waals surface area contributed by atoms with Crippen LogP contribution in [0.1, 0.15) is 32.6 Å². The third kappa shape index (κ3) is 12.0. The summed E-state index contributed by atoms with van der Waals surface area (Å²) < 4.78 is 5.04. The van der Waals surface area contributed by atoms with E-state index in [4.69, 9.17) is 4.74 Å². The first-order chi connectivity index (χ1) is 10.1. The number of likely N-dealkylation sites (N-methyl/N-ethyl adjacent to an activating group) is 1. The highest BCUT2D eigenvalue weighted by Gasteiger charge is 2.21. The summed E-state index contributed by atoms with van der Waals surface area (Å²) in [6.07, 6.45) is 4.11. The molecule has 1 rings (SSSR count). The molecule has 23 heavy (non-hydrogen) atoms. The van der Waals surface area contributed by atoms with Crippen LogP contribution in [-0.4, -0.2) is 64.3 Å². The smallest absolute Gasteiger partial charge is 0.220 e. The molecule has 0 bridgehead atoms. The van der Waals surface area contributed by atoms with Crippen molar-refractivity contribution in [3.05, 3.63) is 0 Å². The summed E-state index contributed by atoms with van der Waals surface area (Å²) in [4.78, 5) is 14.2. The van der Waals surface area contributed by atoms with E-state index in [1.54, 1.807) is 7.11 Å². The van der Waals surface area contributed by atoms with E-state index < -0.39 is 0 Å². The van der Waals surface area contributed by atoms with Gasteiger partial charge < -0.3 is 20.3 Å². The summed E-state index contributed by atoms with van der Waals surface area (Å²) in [5.41, 5.74) is 0. The Morgan fingerprint density at radius 3 is 2.57 bits per heavy atom. The Labute approximate surface area is 154 Å². The molecule has 0 aromatic heterocycles. The predicted octanol–water partition coefficient (Wildman–Crippen LogP) is 1.94. The standard InChI is InChI=1S/C16H33N3O2.2ClH/c1-14(15-5-7-17-8-6-15)13-16(20)18-9-11-19(2)10-4-12-21-3;;/h14-15,17H,4-13H2,1-3H3,(H,18,20);2*1H. The third-order valence-electron chi connectivity index (χ3n) is 4.40. The monoisotopic (exact) mass is 371 g/mol. The molecule has 1 heterocycles. The van der Waals surface area contributed by atoms with Gasteiger partial charge in [-0.25, -0.2) is 0 Å². The minimum Gasteiger partial charge on any atom is -0.385 e. The molecule has 0 aromatic carbocycles. The van der Waals surface area contributed by atoms with Gasteiger partial charge in [-0.3, -0.25) is 4.79 Å². The lowest BCUT2D eigenvalue weighted by Gasteiger charge is -2.28. The number of nitrogens with one attached hydrogen (secondary N) is 2. The van der Waals surface area contributed by atoms with Gasteiger partial charge in [0.15, 0.2) is 0 Å². The van der Waals surface area contributed by atoms with Crippen molar-refractivity contribution in [2.45, 2.75) is 32.6 Å². The first-order valence-electron chi connectivity index (χ1n) is 8.28. The second-order valence-electron chi connectivity index (χ2n) is 6.27. The topological polar surface area (TPSA) is 53.6 Å². The molecule has 1 fully saturated rings. The first kappa shape index (κ1) is 25.2. The van der Waals surface area contributed by atoms with Crippen molar-refractivity contribution >= 4 is 30.7 Å². The van der Waals surface area contributed by atoms with Crippen molar-refractivity contribution in [3.63, 3.8) is 0 Å². The number of carbonyl (C=O) groups excluding carboxylic acids is 1. The second kappa shape index (κ2) is 15.5. The summed E-state index contributed by atoms with van der Waals surface area (Å²) >= 11 is 0. The molecular weight excluding hydrogens is 337 g/mol. The number of amides is 1. The van der Waals surface area contributed by atoms with Crippen LogP contribution < -0.4 is 10.6 Å². The van der Waals surface area contributed by atoms with Crippen LogP contribution in [0.15, 0.2) is 0 Å². The molecule has 2 N–H and O–H groups in total. The lowest BCUT2D eigenvalue weighted by atomic mass is 9.84. The van der Waals surface area contributed by atoms with Gasteiger partial charge >= 0.3 is 0 Å². The van der Waals surface area contributed by atoms with Crippen LogP contribution >= 0.6 is 24.8 Å². The molecule has 0 aliphatic carbocycles. The summed E-state index contributed by atoms with van der Waals surface area (Å²) in [6.45, 7) is 7.86. The van der Waals surface area contributed by atoms with E-state index in [-0.39, 0.29) is 30.7 Å². The normalized spacial score (nSPS) is 16.3. The van der Waals surface area contributed by atoms with Gasteiger partial charge in [0.05, 0.1) is 0 Å². The van der Waals surface area contributed by atoms with Gasteiger partial charge in [-0.15, -0.1) is 24.8 Å². The van der Waals surface area contributed by atoms with Crippen molar-refractivity contribution < 1.29 is 9.53 Å². The van der Waals surface area contributed by atoms with E-state index in [1.165, 1.54) is 12.8 Å². The number of rotatable bonds is 10. The predicted molar refractivity (Wildman–Crippen MR) is 101 cm³/mol. The van der Waals surface area contributed by atoms with Crippen molar-refractivity contribution in [2.75, 3.05) is 53.5 Å². The number of ether oxygens (including phenoxy) is 1. The van der Waals surface area contributed by atoms with Crippen LogP contribution in [0.25, 0.3) is 0 Å². The average molecular weight is 372 g/mol. The number of nitrogens with zero attached hydrogens (tertiary/aromatic N) is 1. The molecular formula is C16H35Cl2N3O2. The minimum absolute atomic E-state index is 0. The van der Waals surface area contributed by atoms with E-state index in [2.05, 4.69) is 29.5 Å². The fourth-order valence-electron chi connectivity index (χ4n) is 2.92. The van der Waals surface area contributed by atoms with Crippen molar-refractivity contribution in [2.24, 2.45) is 11.8 Å². The summed E-state index contributed by atoms with van der Waals surface area (Å²) in [5, 5.41) is 6.42. The Hall–Kier alpha value is -0.0700. The highest BCUT2D eigenvalue weighted by molar-refractivity contribution is 5.85. The van der Waals surface area contributed by atoms with E-state index in [0.717, 1.165) is 45.8 Å². The molecule has 1 aliphatic heterocycles. The molecule has 7 heteroatoms. The highest BCUT2D eigenvalue weighted by Crippen LogP contribution is 2.23. The molecule has 0 radical (unpaired) electrons. The lowest BCUT2D eigenvalue weighted by Crippen LogP contribution is -2.36. The van der Waals surface area contributed by atoms with Crippen molar-refractivity contribution in [1.82, 2.24) is 15.5 Å². The van der Waals surface area contributed by atoms with Crippen LogP contribution in [-0.2, 0) is 9.53 Å². The summed E-state index contributed by atoms with van der Waals surface area (Å²) in [6, 6.07) is 0. The molecule has 1 aliphatic rings.